The highest BCUT2D eigenvalue weighted by Crippen LogP contribution is 2.29. The number of aliphatic imine (C=N–C) groups is 1. The second-order valence-electron chi connectivity index (χ2n) is 5.07. The zero-order chi connectivity index (χ0) is 16.4. The van der Waals surface area contributed by atoms with Crippen LogP contribution in [-0.2, 0) is 9.59 Å². The molecule has 116 valence electrons. The van der Waals surface area contributed by atoms with E-state index >= 15 is 0 Å². The van der Waals surface area contributed by atoms with E-state index in [9.17, 15) is 9.59 Å². The molecule has 0 saturated carbocycles. The van der Waals surface area contributed by atoms with Crippen molar-refractivity contribution in [3.05, 3.63) is 64.7 Å². The van der Waals surface area contributed by atoms with Crippen LogP contribution in [0.15, 0.2) is 53.5 Å². The van der Waals surface area contributed by atoms with Crippen LogP contribution >= 0.6 is 11.6 Å². The zero-order valence-electron chi connectivity index (χ0n) is 12.1. The van der Waals surface area contributed by atoms with Gasteiger partial charge < -0.3 is 5.11 Å². The molecule has 2 aromatic carbocycles. The fraction of sp³-hybridized carbons (Fsp3) is 0.118. The van der Waals surface area contributed by atoms with Gasteiger partial charge in [0, 0.05) is 16.1 Å². The van der Waals surface area contributed by atoms with Crippen molar-refractivity contribution in [2.75, 3.05) is 18.0 Å². The van der Waals surface area contributed by atoms with Crippen LogP contribution in [0.3, 0.4) is 0 Å². The number of carboxylic acids is 1. The Balaban J connectivity index is 2.18. The molecule has 0 aromatic heterocycles. The maximum atomic E-state index is 12.3. The van der Waals surface area contributed by atoms with Gasteiger partial charge in [-0.2, -0.15) is 0 Å². The van der Waals surface area contributed by atoms with Crippen LogP contribution in [0.5, 0.6) is 0 Å². The van der Waals surface area contributed by atoms with Crippen molar-refractivity contribution in [3.8, 4) is 0 Å². The van der Waals surface area contributed by atoms with Crippen molar-refractivity contribution in [3.63, 3.8) is 0 Å². The second kappa shape index (κ2) is 6.22. The van der Waals surface area contributed by atoms with Gasteiger partial charge in [-0.15, -0.1) is 0 Å². The SMILES string of the molecule is O=C(O)CN1C(=O)CN=C(c2ccccc2)c2cc(Cl)ccc21. The van der Waals surface area contributed by atoms with Crippen molar-refractivity contribution in [1.29, 1.82) is 0 Å². The van der Waals surface area contributed by atoms with Gasteiger partial charge in [0.2, 0.25) is 5.91 Å². The normalized spacial score (nSPS) is 14.0. The summed E-state index contributed by atoms with van der Waals surface area (Å²) in [6.45, 7) is -0.519. The van der Waals surface area contributed by atoms with Gasteiger partial charge in [0.1, 0.15) is 13.1 Å². The molecular weight excluding hydrogens is 316 g/mol. The molecule has 0 spiro atoms. The number of hydrogen-bond donors (Lipinski definition) is 1. The first-order valence-corrected chi connectivity index (χ1v) is 7.36. The Morgan fingerprint density at radius 1 is 1.22 bits per heavy atom. The van der Waals surface area contributed by atoms with E-state index < -0.39 is 12.5 Å². The molecule has 3 rings (SSSR count). The minimum absolute atomic E-state index is 0.107. The van der Waals surface area contributed by atoms with Crippen LogP contribution in [0.2, 0.25) is 5.02 Å². The number of carbonyl (C=O) groups excluding carboxylic acids is 1. The molecule has 0 atom stereocenters. The summed E-state index contributed by atoms with van der Waals surface area (Å²) in [5.74, 6) is -1.44. The molecule has 0 aliphatic carbocycles. The fourth-order valence-corrected chi connectivity index (χ4v) is 2.71. The van der Waals surface area contributed by atoms with E-state index in [1.54, 1.807) is 18.2 Å². The van der Waals surface area contributed by atoms with E-state index in [4.69, 9.17) is 16.7 Å². The summed E-state index contributed by atoms with van der Waals surface area (Å²) in [6, 6.07) is 14.4. The summed E-state index contributed by atoms with van der Waals surface area (Å²) >= 11 is 6.10. The number of carbonyl (C=O) groups is 2. The first kappa shape index (κ1) is 15.2. The van der Waals surface area contributed by atoms with E-state index in [0.29, 0.717) is 22.0 Å². The number of fused-ring (bicyclic) bond motifs is 1. The van der Waals surface area contributed by atoms with Gasteiger partial charge in [0.25, 0.3) is 0 Å². The lowest BCUT2D eigenvalue weighted by Gasteiger charge is -2.21. The quantitative estimate of drug-likeness (QED) is 0.941. The molecule has 1 N–H and O–H groups in total. The van der Waals surface area contributed by atoms with Crippen LogP contribution in [-0.4, -0.2) is 35.8 Å². The molecule has 0 radical (unpaired) electrons. The molecule has 1 aliphatic rings. The van der Waals surface area contributed by atoms with Gasteiger partial charge in [-0.05, 0) is 18.2 Å². The van der Waals surface area contributed by atoms with Crippen LogP contribution in [0, 0.1) is 0 Å². The van der Waals surface area contributed by atoms with Crippen LogP contribution in [0.4, 0.5) is 5.69 Å². The van der Waals surface area contributed by atoms with Crippen molar-refractivity contribution in [2.24, 2.45) is 4.99 Å². The number of halogens is 1. The van der Waals surface area contributed by atoms with E-state index in [1.807, 2.05) is 30.3 Å². The Labute approximate surface area is 137 Å². The van der Waals surface area contributed by atoms with Gasteiger partial charge >= 0.3 is 5.97 Å². The number of amides is 1. The minimum Gasteiger partial charge on any atom is -0.480 e. The number of carboxylic acid groups (broad SMARTS) is 1. The maximum absolute atomic E-state index is 12.3. The fourth-order valence-electron chi connectivity index (χ4n) is 2.54. The summed E-state index contributed by atoms with van der Waals surface area (Å²) in [7, 11) is 0. The average molecular weight is 329 g/mol. The highest BCUT2D eigenvalue weighted by Gasteiger charge is 2.26. The van der Waals surface area contributed by atoms with Gasteiger partial charge in [-0.1, -0.05) is 41.9 Å². The highest BCUT2D eigenvalue weighted by atomic mass is 35.5. The van der Waals surface area contributed by atoms with E-state index in [-0.39, 0.29) is 12.5 Å². The number of benzodiazepines with no additional fused rings is 1. The third-order valence-electron chi connectivity index (χ3n) is 3.52. The Hall–Kier alpha value is -2.66. The summed E-state index contributed by atoms with van der Waals surface area (Å²) in [5.41, 5.74) is 2.63. The second-order valence-corrected chi connectivity index (χ2v) is 5.50. The molecule has 0 unspecified atom stereocenters. The van der Waals surface area contributed by atoms with Gasteiger partial charge in [0.05, 0.1) is 11.4 Å². The summed E-state index contributed by atoms with van der Waals surface area (Å²) in [5, 5.41) is 9.58. The molecular formula is C17H13ClN2O3. The lowest BCUT2D eigenvalue weighted by atomic mass is 10.0. The van der Waals surface area contributed by atoms with E-state index in [0.717, 1.165) is 5.56 Å². The predicted octanol–water partition coefficient (Wildman–Crippen LogP) is 2.61. The van der Waals surface area contributed by atoms with E-state index in [1.165, 1.54) is 4.90 Å². The summed E-state index contributed by atoms with van der Waals surface area (Å²) in [4.78, 5) is 29.0. The Morgan fingerprint density at radius 2 is 1.96 bits per heavy atom. The number of aliphatic carboxylic acids is 1. The number of benzene rings is 2. The number of rotatable bonds is 3. The predicted molar refractivity (Wildman–Crippen MR) is 88.4 cm³/mol. The van der Waals surface area contributed by atoms with Gasteiger partial charge in [-0.3, -0.25) is 19.5 Å². The molecule has 0 fully saturated rings. The van der Waals surface area contributed by atoms with Crippen molar-refractivity contribution in [2.45, 2.75) is 0 Å². The molecule has 1 amide bonds. The van der Waals surface area contributed by atoms with Crippen molar-refractivity contribution >= 4 is 34.9 Å². The molecule has 0 bridgehead atoms. The van der Waals surface area contributed by atoms with Crippen molar-refractivity contribution in [1.82, 2.24) is 0 Å². The van der Waals surface area contributed by atoms with Crippen LogP contribution in [0.25, 0.3) is 0 Å². The van der Waals surface area contributed by atoms with Crippen LogP contribution in [0.1, 0.15) is 11.1 Å². The third kappa shape index (κ3) is 3.10. The van der Waals surface area contributed by atoms with Crippen molar-refractivity contribution < 1.29 is 14.7 Å². The zero-order valence-corrected chi connectivity index (χ0v) is 12.8. The molecule has 5 nitrogen and oxygen atoms in total. The lowest BCUT2D eigenvalue weighted by Crippen LogP contribution is -2.37. The van der Waals surface area contributed by atoms with E-state index in [2.05, 4.69) is 4.99 Å². The Kier molecular flexibility index (Phi) is 4.12. The molecule has 1 heterocycles. The first-order valence-electron chi connectivity index (χ1n) is 6.98. The maximum Gasteiger partial charge on any atom is 0.323 e. The van der Waals surface area contributed by atoms with Crippen LogP contribution < -0.4 is 4.90 Å². The standard InChI is InChI=1S/C17H13ClN2O3/c18-12-6-7-14-13(8-12)17(11-4-2-1-3-5-11)19-9-15(21)20(14)10-16(22)23/h1-8H,9-10H2,(H,22,23). The molecule has 0 saturated heterocycles. The lowest BCUT2D eigenvalue weighted by molar-refractivity contribution is -0.136. The largest absolute Gasteiger partial charge is 0.480 e. The first-order chi connectivity index (χ1) is 11.1. The topological polar surface area (TPSA) is 70.0 Å². The monoisotopic (exact) mass is 328 g/mol. The molecule has 23 heavy (non-hydrogen) atoms. The molecule has 6 heteroatoms. The summed E-state index contributed by atoms with van der Waals surface area (Å²) < 4.78 is 0. The average Bonchev–Trinajstić information content (AvgIpc) is 2.66. The van der Waals surface area contributed by atoms with Gasteiger partial charge in [-0.25, -0.2) is 0 Å². The highest BCUT2D eigenvalue weighted by molar-refractivity contribution is 6.32. The number of anilines is 1. The summed E-state index contributed by atoms with van der Waals surface area (Å²) in [6.07, 6.45) is 0. The smallest absolute Gasteiger partial charge is 0.323 e. The third-order valence-corrected chi connectivity index (χ3v) is 3.75. The number of nitrogens with zero attached hydrogens (tertiary/aromatic N) is 2. The molecule has 1 aliphatic heterocycles. The van der Waals surface area contributed by atoms with Gasteiger partial charge in [0.15, 0.2) is 0 Å². The Morgan fingerprint density at radius 3 is 2.65 bits per heavy atom. The molecule has 2 aromatic rings. The number of hydrogen-bond acceptors (Lipinski definition) is 3. The minimum atomic E-state index is -1.08. The Bertz CT molecular complexity index is 803.